The molecule has 0 aliphatic heterocycles. The van der Waals surface area contributed by atoms with E-state index in [0.717, 1.165) is 5.56 Å². The Morgan fingerprint density at radius 2 is 1.94 bits per heavy atom. The lowest BCUT2D eigenvalue weighted by molar-refractivity contribution is -0.148. The zero-order valence-corrected chi connectivity index (χ0v) is 11.1. The van der Waals surface area contributed by atoms with Crippen molar-refractivity contribution in [1.29, 1.82) is 0 Å². The van der Waals surface area contributed by atoms with Crippen molar-refractivity contribution in [2.75, 3.05) is 6.61 Å². The molecule has 1 N–H and O–H groups in total. The molecule has 18 heavy (non-hydrogen) atoms. The smallest absolute Gasteiger partial charge is 0.312 e. The van der Waals surface area contributed by atoms with Gasteiger partial charge in [0.25, 0.3) is 0 Å². The van der Waals surface area contributed by atoms with Crippen LogP contribution in [0.1, 0.15) is 36.7 Å². The van der Waals surface area contributed by atoms with Gasteiger partial charge < -0.3 is 9.84 Å². The first-order valence-corrected chi connectivity index (χ1v) is 5.72. The van der Waals surface area contributed by atoms with Crippen molar-refractivity contribution >= 4 is 11.8 Å². The summed E-state index contributed by atoms with van der Waals surface area (Å²) in [6.45, 7) is 6.53. The van der Waals surface area contributed by atoms with Crippen LogP contribution in [0.15, 0.2) is 18.2 Å². The number of benzene rings is 1. The van der Waals surface area contributed by atoms with Gasteiger partial charge in [0.15, 0.2) is 5.78 Å². The number of aryl methyl sites for hydroxylation is 1. The van der Waals surface area contributed by atoms with Crippen LogP contribution >= 0.6 is 0 Å². The van der Waals surface area contributed by atoms with Gasteiger partial charge in [-0.2, -0.15) is 0 Å². The molecule has 0 aliphatic carbocycles. The molecule has 0 bridgehead atoms. The second-order valence-corrected chi connectivity index (χ2v) is 5.03. The highest BCUT2D eigenvalue weighted by Crippen LogP contribution is 2.24. The van der Waals surface area contributed by atoms with E-state index in [1.807, 2.05) is 13.0 Å². The molecule has 98 valence electrons. The second-order valence-electron chi connectivity index (χ2n) is 5.03. The summed E-state index contributed by atoms with van der Waals surface area (Å²) in [7, 11) is 0. The van der Waals surface area contributed by atoms with Crippen molar-refractivity contribution in [3.63, 3.8) is 0 Å². The number of Topliss-reactive ketones (excluding diaryl/α,β-unsaturated/α-hetero) is 1. The Morgan fingerprint density at radius 1 is 1.33 bits per heavy atom. The Morgan fingerprint density at radius 3 is 2.44 bits per heavy atom. The first-order chi connectivity index (χ1) is 8.24. The molecular formula is C14H18O4. The number of carboxylic acid groups (broad SMARTS) is 1. The molecule has 0 atom stereocenters. The quantitative estimate of drug-likeness (QED) is 0.816. The molecule has 0 saturated carbocycles. The van der Waals surface area contributed by atoms with Gasteiger partial charge in [-0.25, -0.2) is 0 Å². The van der Waals surface area contributed by atoms with Gasteiger partial charge >= 0.3 is 5.97 Å². The molecule has 4 heteroatoms. The zero-order chi connectivity index (χ0) is 13.9. The minimum atomic E-state index is -0.988. The van der Waals surface area contributed by atoms with Crippen LogP contribution in [0.3, 0.4) is 0 Å². The molecular weight excluding hydrogens is 232 g/mol. The maximum Gasteiger partial charge on any atom is 0.312 e. The van der Waals surface area contributed by atoms with Gasteiger partial charge in [-0.15, -0.1) is 0 Å². The van der Waals surface area contributed by atoms with E-state index in [2.05, 4.69) is 0 Å². The summed E-state index contributed by atoms with van der Waals surface area (Å²) >= 11 is 0. The summed E-state index contributed by atoms with van der Waals surface area (Å²) in [6, 6.07) is 5.27. The van der Waals surface area contributed by atoms with Crippen molar-refractivity contribution in [3.05, 3.63) is 29.3 Å². The Labute approximate surface area is 107 Å². The van der Waals surface area contributed by atoms with E-state index in [1.165, 1.54) is 6.92 Å². The van der Waals surface area contributed by atoms with E-state index in [4.69, 9.17) is 9.84 Å². The number of carboxylic acids is 1. The predicted octanol–water partition coefficient (Wildman–Crippen LogP) is 2.69. The number of rotatable bonds is 5. The van der Waals surface area contributed by atoms with E-state index in [-0.39, 0.29) is 12.4 Å². The number of carbonyl (C=O) groups excluding carboxylic acids is 1. The lowest BCUT2D eigenvalue weighted by Gasteiger charge is -2.20. The van der Waals surface area contributed by atoms with E-state index in [9.17, 15) is 9.59 Å². The van der Waals surface area contributed by atoms with Crippen molar-refractivity contribution in [2.24, 2.45) is 5.41 Å². The van der Waals surface area contributed by atoms with Gasteiger partial charge in [0.2, 0.25) is 0 Å². The Kier molecular flexibility index (Phi) is 4.11. The maximum atomic E-state index is 11.4. The Bertz CT molecular complexity index is 475. The standard InChI is InChI=1S/C14H18O4/c1-9-5-6-11(10(2)15)12(7-9)18-8-14(3,4)13(16)17/h5-7H,8H2,1-4H3,(H,16,17). The summed E-state index contributed by atoms with van der Waals surface area (Å²) in [5.41, 5.74) is 0.447. The Balaban J connectivity index is 2.94. The minimum Gasteiger partial charge on any atom is -0.492 e. The van der Waals surface area contributed by atoms with Gasteiger partial charge in [-0.05, 0) is 45.4 Å². The minimum absolute atomic E-state index is 0.0199. The number of hydrogen-bond donors (Lipinski definition) is 1. The molecule has 0 heterocycles. The number of hydrogen-bond acceptors (Lipinski definition) is 3. The van der Waals surface area contributed by atoms with Crippen LogP contribution in [0.5, 0.6) is 5.75 Å². The summed E-state index contributed by atoms with van der Waals surface area (Å²) in [6.07, 6.45) is 0. The first-order valence-electron chi connectivity index (χ1n) is 5.72. The lowest BCUT2D eigenvalue weighted by Crippen LogP contribution is -2.31. The predicted molar refractivity (Wildman–Crippen MR) is 68.1 cm³/mol. The highest BCUT2D eigenvalue weighted by atomic mass is 16.5. The van der Waals surface area contributed by atoms with Crippen LogP contribution in [0, 0.1) is 12.3 Å². The third kappa shape index (κ3) is 3.32. The average molecular weight is 250 g/mol. The molecule has 0 saturated heterocycles. The van der Waals surface area contributed by atoms with Gasteiger partial charge in [-0.3, -0.25) is 9.59 Å². The van der Waals surface area contributed by atoms with Gasteiger partial charge in [0, 0.05) is 0 Å². The van der Waals surface area contributed by atoms with Gasteiger partial charge in [0.05, 0.1) is 11.0 Å². The third-order valence-electron chi connectivity index (χ3n) is 2.68. The zero-order valence-electron chi connectivity index (χ0n) is 11.1. The summed E-state index contributed by atoms with van der Waals surface area (Å²) in [5, 5.41) is 9.01. The highest BCUT2D eigenvalue weighted by molar-refractivity contribution is 5.96. The molecule has 0 unspecified atom stereocenters. The monoisotopic (exact) mass is 250 g/mol. The third-order valence-corrected chi connectivity index (χ3v) is 2.68. The summed E-state index contributed by atoms with van der Waals surface area (Å²) in [4.78, 5) is 22.4. The van der Waals surface area contributed by atoms with Crippen molar-refractivity contribution in [1.82, 2.24) is 0 Å². The number of ether oxygens (including phenoxy) is 1. The normalized spacial score (nSPS) is 11.1. The fourth-order valence-electron chi connectivity index (χ4n) is 1.36. The maximum absolute atomic E-state index is 11.4. The van der Waals surface area contributed by atoms with Crippen LogP contribution in [0.4, 0.5) is 0 Å². The SMILES string of the molecule is CC(=O)c1ccc(C)cc1OCC(C)(C)C(=O)O. The van der Waals surface area contributed by atoms with E-state index in [1.54, 1.807) is 26.0 Å². The molecule has 1 aromatic rings. The summed E-state index contributed by atoms with van der Waals surface area (Å²) in [5.74, 6) is -0.588. The largest absolute Gasteiger partial charge is 0.492 e. The molecule has 0 fully saturated rings. The van der Waals surface area contributed by atoms with Gasteiger partial charge in [0.1, 0.15) is 12.4 Å². The summed E-state index contributed by atoms with van der Waals surface area (Å²) < 4.78 is 5.50. The number of carbonyl (C=O) groups is 2. The second kappa shape index (κ2) is 5.21. The van der Waals surface area contributed by atoms with Crippen molar-refractivity contribution < 1.29 is 19.4 Å². The first kappa shape index (κ1) is 14.2. The molecule has 0 aromatic heterocycles. The van der Waals surface area contributed by atoms with Crippen molar-refractivity contribution in [3.8, 4) is 5.75 Å². The Hall–Kier alpha value is -1.84. The number of ketones is 1. The average Bonchev–Trinajstić information content (AvgIpc) is 2.26. The van der Waals surface area contributed by atoms with E-state index < -0.39 is 11.4 Å². The topological polar surface area (TPSA) is 63.6 Å². The van der Waals surface area contributed by atoms with Crippen LogP contribution in [0.25, 0.3) is 0 Å². The molecule has 4 nitrogen and oxygen atoms in total. The highest BCUT2D eigenvalue weighted by Gasteiger charge is 2.28. The fourth-order valence-corrected chi connectivity index (χ4v) is 1.36. The van der Waals surface area contributed by atoms with Gasteiger partial charge in [-0.1, -0.05) is 6.07 Å². The molecule has 0 radical (unpaired) electrons. The lowest BCUT2D eigenvalue weighted by atomic mass is 9.95. The van der Waals surface area contributed by atoms with E-state index in [0.29, 0.717) is 11.3 Å². The van der Waals surface area contributed by atoms with Crippen LogP contribution in [-0.2, 0) is 4.79 Å². The molecule has 0 spiro atoms. The number of aliphatic carboxylic acids is 1. The van der Waals surface area contributed by atoms with Crippen LogP contribution < -0.4 is 4.74 Å². The molecule has 0 amide bonds. The molecule has 1 aromatic carbocycles. The molecule has 1 rings (SSSR count). The van der Waals surface area contributed by atoms with Crippen LogP contribution in [0.2, 0.25) is 0 Å². The fraction of sp³-hybridized carbons (Fsp3) is 0.429. The molecule has 0 aliphatic rings. The van der Waals surface area contributed by atoms with Crippen molar-refractivity contribution in [2.45, 2.75) is 27.7 Å². The van der Waals surface area contributed by atoms with Crippen LogP contribution in [-0.4, -0.2) is 23.5 Å². The van der Waals surface area contributed by atoms with E-state index >= 15 is 0 Å².